The lowest BCUT2D eigenvalue weighted by Gasteiger charge is -2.22. The molecule has 0 bridgehead atoms. The van der Waals surface area contributed by atoms with Crippen LogP contribution in [0.5, 0.6) is 0 Å². The van der Waals surface area contributed by atoms with Gasteiger partial charge in [0.1, 0.15) is 5.82 Å². The van der Waals surface area contributed by atoms with Gasteiger partial charge in [0.05, 0.1) is 5.52 Å². The largest absolute Gasteiger partial charge is 0.353 e. The summed E-state index contributed by atoms with van der Waals surface area (Å²) in [6.45, 7) is 0. The molecule has 3 aromatic heterocycles. The van der Waals surface area contributed by atoms with Crippen LogP contribution < -0.4 is 5.32 Å². The molecule has 1 fully saturated rings. The Labute approximate surface area is 197 Å². The summed E-state index contributed by atoms with van der Waals surface area (Å²) in [6.07, 6.45) is 7.79. The maximum atomic E-state index is 12.5. The van der Waals surface area contributed by atoms with Crippen LogP contribution in [-0.4, -0.2) is 41.1 Å². The number of para-hydroxylation sites is 1. The van der Waals surface area contributed by atoms with Crippen LogP contribution >= 0.6 is 0 Å². The number of hydrogen-bond donors (Lipinski definition) is 1. The lowest BCUT2D eigenvalue weighted by Crippen LogP contribution is -2.36. The molecular weight excluding hydrogens is 426 g/mol. The van der Waals surface area contributed by atoms with Gasteiger partial charge < -0.3 is 5.32 Å². The number of nitrogens with zero attached hydrogens (tertiary/aromatic N) is 6. The van der Waals surface area contributed by atoms with Crippen molar-refractivity contribution in [2.24, 2.45) is 0 Å². The molecule has 6 rings (SSSR count). The zero-order valence-corrected chi connectivity index (χ0v) is 19.0. The second kappa shape index (κ2) is 8.85. The van der Waals surface area contributed by atoms with Gasteiger partial charge in [0.25, 0.3) is 5.78 Å². The van der Waals surface area contributed by atoms with E-state index in [1.54, 1.807) is 4.52 Å². The topological polar surface area (TPSA) is 89.5 Å². The highest BCUT2D eigenvalue weighted by molar-refractivity contribution is 5.94. The van der Waals surface area contributed by atoms with Crippen LogP contribution in [0.15, 0.2) is 54.6 Å². The van der Waals surface area contributed by atoms with Gasteiger partial charge in [0, 0.05) is 29.8 Å². The van der Waals surface area contributed by atoms with Crippen molar-refractivity contribution in [1.29, 1.82) is 0 Å². The van der Waals surface area contributed by atoms with E-state index in [9.17, 15) is 4.79 Å². The first kappa shape index (κ1) is 20.8. The summed E-state index contributed by atoms with van der Waals surface area (Å²) in [7, 11) is 0. The number of carbonyl (C=O) groups excluding carboxylic acids is 1. The number of aromatic nitrogens is 6. The molecule has 2 aromatic carbocycles. The SMILES string of the molecule is O=C(CCCc1nnc2n3nc(-c4ccccc4)nc3c3ccccc3n12)NC1CCCCC1. The van der Waals surface area contributed by atoms with Crippen molar-refractivity contribution in [3.05, 3.63) is 60.4 Å². The Balaban J connectivity index is 1.31. The summed E-state index contributed by atoms with van der Waals surface area (Å²) < 4.78 is 3.82. The Bertz CT molecular complexity index is 1460. The zero-order chi connectivity index (χ0) is 22.9. The van der Waals surface area contributed by atoms with Crippen LogP contribution in [0.3, 0.4) is 0 Å². The molecule has 1 aliphatic carbocycles. The third kappa shape index (κ3) is 3.79. The van der Waals surface area contributed by atoms with E-state index in [1.807, 2.05) is 46.9 Å². The highest BCUT2D eigenvalue weighted by Crippen LogP contribution is 2.25. The molecule has 0 aliphatic heterocycles. The minimum Gasteiger partial charge on any atom is -0.353 e. The van der Waals surface area contributed by atoms with E-state index in [4.69, 9.17) is 10.1 Å². The Hall–Kier alpha value is -3.81. The predicted octanol–water partition coefficient (Wildman–Crippen LogP) is 4.36. The lowest BCUT2D eigenvalue weighted by atomic mass is 9.95. The van der Waals surface area contributed by atoms with Crippen molar-refractivity contribution < 1.29 is 4.79 Å². The third-order valence-electron chi connectivity index (χ3n) is 6.70. The normalized spacial score (nSPS) is 14.8. The molecular formula is C26H27N7O. The first-order valence-electron chi connectivity index (χ1n) is 12.1. The first-order chi connectivity index (χ1) is 16.8. The Morgan fingerprint density at radius 1 is 0.971 bits per heavy atom. The molecule has 3 heterocycles. The summed E-state index contributed by atoms with van der Waals surface area (Å²) >= 11 is 0. The minimum absolute atomic E-state index is 0.136. The molecule has 34 heavy (non-hydrogen) atoms. The minimum atomic E-state index is 0.136. The first-order valence-corrected chi connectivity index (χ1v) is 12.1. The molecule has 5 aromatic rings. The van der Waals surface area contributed by atoms with Crippen LogP contribution in [0.4, 0.5) is 0 Å². The van der Waals surface area contributed by atoms with Gasteiger partial charge in [-0.05, 0) is 31.4 Å². The molecule has 8 nitrogen and oxygen atoms in total. The second-order valence-electron chi connectivity index (χ2n) is 9.06. The van der Waals surface area contributed by atoms with Crippen molar-refractivity contribution >= 4 is 28.2 Å². The van der Waals surface area contributed by atoms with Crippen LogP contribution in [0.25, 0.3) is 33.7 Å². The monoisotopic (exact) mass is 453 g/mol. The van der Waals surface area contributed by atoms with Gasteiger partial charge in [0.15, 0.2) is 11.5 Å². The average Bonchev–Trinajstić information content (AvgIpc) is 3.51. The molecule has 0 atom stereocenters. The summed E-state index contributed by atoms with van der Waals surface area (Å²) in [6, 6.07) is 18.4. The van der Waals surface area contributed by atoms with Crippen molar-refractivity contribution in [3.63, 3.8) is 0 Å². The van der Waals surface area contributed by atoms with Gasteiger partial charge in [-0.3, -0.25) is 9.20 Å². The number of rotatable bonds is 6. The number of amides is 1. The Morgan fingerprint density at radius 2 is 1.76 bits per heavy atom. The molecule has 0 unspecified atom stereocenters. The van der Waals surface area contributed by atoms with E-state index < -0.39 is 0 Å². The van der Waals surface area contributed by atoms with Gasteiger partial charge in [-0.15, -0.1) is 15.3 Å². The standard InChI is InChI=1S/C26H27N7O/c34-23(27-19-12-5-2-6-13-19)17-9-16-22-29-30-26-32(22)21-15-8-7-14-20(21)25-28-24(31-33(25)26)18-10-3-1-4-11-18/h1,3-4,7-8,10-11,14-15,19H,2,5-6,9,12-13,16-17H2,(H,27,34). The second-order valence-corrected chi connectivity index (χ2v) is 9.06. The smallest absolute Gasteiger partial charge is 0.258 e. The Morgan fingerprint density at radius 3 is 2.62 bits per heavy atom. The van der Waals surface area contributed by atoms with Gasteiger partial charge in [-0.1, -0.05) is 61.7 Å². The number of hydrogen-bond acceptors (Lipinski definition) is 5. The van der Waals surface area contributed by atoms with Crippen LogP contribution in [0.1, 0.15) is 50.8 Å². The molecule has 0 spiro atoms. The number of benzene rings is 2. The molecule has 1 N–H and O–H groups in total. The number of nitrogens with one attached hydrogen (secondary N) is 1. The maximum absolute atomic E-state index is 12.5. The van der Waals surface area contributed by atoms with Crippen molar-refractivity contribution in [2.75, 3.05) is 0 Å². The summed E-state index contributed by atoms with van der Waals surface area (Å²) in [4.78, 5) is 17.3. The van der Waals surface area contributed by atoms with Crippen LogP contribution in [-0.2, 0) is 11.2 Å². The van der Waals surface area contributed by atoms with E-state index in [-0.39, 0.29) is 5.91 Å². The van der Waals surface area contributed by atoms with E-state index in [0.717, 1.165) is 47.2 Å². The quantitative estimate of drug-likeness (QED) is 0.413. The van der Waals surface area contributed by atoms with Gasteiger partial charge >= 0.3 is 0 Å². The van der Waals surface area contributed by atoms with Crippen molar-refractivity contribution in [1.82, 2.24) is 34.5 Å². The molecule has 8 heteroatoms. The molecule has 1 aliphatic rings. The van der Waals surface area contributed by atoms with E-state index >= 15 is 0 Å². The lowest BCUT2D eigenvalue weighted by molar-refractivity contribution is -0.122. The molecule has 0 saturated heterocycles. The van der Waals surface area contributed by atoms with Gasteiger partial charge in [-0.2, -0.15) is 4.52 Å². The zero-order valence-electron chi connectivity index (χ0n) is 19.0. The third-order valence-corrected chi connectivity index (χ3v) is 6.70. The molecule has 172 valence electrons. The summed E-state index contributed by atoms with van der Waals surface area (Å²) in [5, 5.41) is 17.9. The van der Waals surface area contributed by atoms with Gasteiger partial charge in [0.2, 0.25) is 5.91 Å². The van der Waals surface area contributed by atoms with Gasteiger partial charge in [-0.25, -0.2) is 4.98 Å². The van der Waals surface area contributed by atoms with E-state index in [0.29, 0.717) is 30.5 Å². The predicted molar refractivity (Wildman–Crippen MR) is 130 cm³/mol. The number of fused-ring (bicyclic) bond motifs is 6. The highest BCUT2D eigenvalue weighted by atomic mass is 16.1. The number of aryl methyl sites for hydroxylation is 1. The fraction of sp³-hybridized carbons (Fsp3) is 0.346. The average molecular weight is 454 g/mol. The van der Waals surface area contributed by atoms with E-state index in [2.05, 4.69) is 27.6 Å². The van der Waals surface area contributed by atoms with Crippen LogP contribution in [0.2, 0.25) is 0 Å². The molecule has 1 saturated carbocycles. The molecule has 0 radical (unpaired) electrons. The highest BCUT2D eigenvalue weighted by Gasteiger charge is 2.19. The summed E-state index contributed by atoms with van der Waals surface area (Å²) in [5.41, 5.74) is 2.70. The fourth-order valence-electron chi connectivity index (χ4n) is 5.00. The van der Waals surface area contributed by atoms with Crippen LogP contribution in [0, 0.1) is 0 Å². The number of carbonyl (C=O) groups is 1. The Kier molecular flexibility index (Phi) is 5.41. The van der Waals surface area contributed by atoms with Crippen molar-refractivity contribution in [3.8, 4) is 11.4 Å². The molecule has 1 amide bonds. The summed E-state index contributed by atoms with van der Waals surface area (Å²) in [5.74, 6) is 2.25. The maximum Gasteiger partial charge on any atom is 0.258 e. The van der Waals surface area contributed by atoms with E-state index in [1.165, 1.54) is 19.3 Å². The fourth-order valence-corrected chi connectivity index (χ4v) is 5.00. The van der Waals surface area contributed by atoms with Crippen molar-refractivity contribution in [2.45, 2.75) is 57.4 Å².